The number of anilines is 3. The maximum absolute atomic E-state index is 12.5. The minimum absolute atomic E-state index is 0.107. The zero-order valence-corrected chi connectivity index (χ0v) is 17.5. The molecule has 0 fully saturated rings. The number of para-hydroxylation sites is 2. The molecular formula is C23H20N4O3S. The van der Waals surface area contributed by atoms with Gasteiger partial charge in [-0.2, -0.15) is 0 Å². The quantitative estimate of drug-likeness (QED) is 0.394. The highest BCUT2D eigenvalue weighted by atomic mass is 32.1. The van der Waals surface area contributed by atoms with Gasteiger partial charge in [0.05, 0.1) is 24.9 Å². The van der Waals surface area contributed by atoms with E-state index in [1.165, 1.54) is 18.4 Å². The molecule has 0 radical (unpaired) electrons. The molecule has 0 unspecified atom stereocenters. The fourth-order valence-corrected chi connectivity index (χ4v) is 3.84. The van der Waals surface area contributed by atoms with Gasteiger partial charge in [0.1, 0.15) is 5.75 Å². The van der Waals surface area contributed by atoms with Crippen molar-refractivity contribution >= 4 is 50.6 Å². The Labute approximate surface area is 183 Å². The van der Waals surface area contributed by atoms with Gasteiger partial charge in [-0.1, -0.05) is 48.5 Å². The summed E-state index contributed by atoms with van der Waals surface area (Å²) in [6.45, 7) is 0. The van der Waals surface area contributed by atoms with Crippen molar-refractivity contribution in [1.82, 2.24) is 4.98 Å². The number of nitrogens with one attached hydrogen (secondary N) is 3. The van der Waals surface area contributed by atoms with Gasteiger partial charge in [-0.3, -0.25) is 10.1 Å². The first kappa shape index (κ1) is 20.4. The molecule has 8 heteroatoms. The lowest BCUT2D eigenvalue weighted by atomic mass is 10.1. The van der Waals surface area contributed by atoms with E-state index >= 15 is 0 Å². The molecular weight excluding hydrogens is 412 g/mol. The maximum Gasteiger partial charge on any atom is 0.325 e. The Morgan fingerprint density at radius 1 is 0.903 bits per heavy atom. The number of methoxy groups -OCH3 is 1. The Hall–Kier alpha value is -3.91. The first-order valence-corrected chi connectivity index (χ1v) is 10.4. The van der Waals surface area contributed by atoms with Gasteiger partial charge in [0.15, 0.2) is 5.13 Å². The van der Waals surface area contributed by atoms with Crippen LogP contribution in [-0.2, 0) is 11.2 Å². The van der Waals surface area contributed by atoms with Crippen LogP contribution in [0.2, 0.25) is 0 Å². The highest BCUT2D eigenvalue weighted by molar-refractivity contribution is 7.14. The molecule has 0 aliphatic heterocycles. The zero-order valence-electron chi connectivity index (χ0n) is 16.7. The molecule has 0 bridgehead atoms. The van der Waals surface area contributed by atoms with Gasteiger partial charge in [-0.25, -0.2) is 9.78 Å². The van der Waals surface area contributed by atoms with Crippen LogP contribution in [-0.4, -0.2) is 24.0 Å². The van der Waals surface area contributed by atoms with Gasteiger partial charge in [0.25, 0.3) is 0 Å². The van der Waals surface area contributed by atoms with Crippen LogP contribution in [0.5, 0.6) is 5.75 Å². The standard InChI is InChI=1S/C23H20N4O3S/c1-30-20-12-5-4-10-19(20)26-22(29)27-23-24-16(14-31-23)13-21(28)25-18-11-6-8-15-7-2-3-9-17(15)18/h2-12,14H,13H2,1H3,(H,25,28)(H2,24,26,27,29). The smallest absolute Gasteiger partial charge is 0.325 e. The average molecular weight is 433 g/mol. The maximum atomic E-state index is 12.5. The second kappa shape index (κ2) is 9.27. The molecule has 1 aromatic heterocycles. The SMILES string of the molecule is COc1ccccc1NC(=O)Nc1nc(CC(=O)Nc2cccc3ccccc23)cs1. The van der Waals surface area contributed by atoms with Crippen molar-refractivity contribution < 1.29 is 14.3 Å². The van der Waals surface area contributed by atoms with Gasteiger partial charge in [-0.15, -0.1) is 11.3 Å². The van der Waals surface area contributed by atoms with E-state index in [-0.39, 0.29) is 12.3 Å². The molecule has 31 heavy (non-hydrogen) atoms. The zero-order chi connectivity index (χ0) is 21.6. The van der Waals surface area contributed by atoms with Crippen LogP contribution in [0.3, 0.4) is 0 Å². The predicted octanol–water partition coefficient (Wildman–Crippen LogP) is 5.13. The van der Waals surface area contributed by atoms with Crippen molar-refractivity contribution in [3.8, 4) is 5.75 Å². The fraction of sp³-hybridized carbons (Fsp3) is 0.0870. The fourth-order valence-electron chi connectivity index (χ4n) is 3.14. The summed E-state index contributed by atoms with van der Waals surface area (Å²) in [7, 11) is 1.54. The molecule has 0 aliphatic rings. The van der Waals surface area contributed by atoms with E-state index in [2.05, 4.69) is 20.9 Å². The molecule has 0 aliphatic carbocycles. The number of rotatable bonds is 6. The topological polar surface area (TPSA) is 92.3 Å². The molecule has 3 amide bonds. The normalized spacial score (nSPS) is 10.5. The predicted molar refractivity (Wildman–Crippen MR) is 124 cm³/mol. The summed E-state index contributed by atoms with van der Waals surface area (Å²) >= 11 is 1.25. The number of hydrogen-bond donors (Lipinski definition) is 3. The van der Waals surface area contributed by atoms with Crippen LogP contribution in [0.4, 0.5) is 21.3 Å². The van der Waals surface area contributed by atoms with Crippen LogP contribution in [0.25, 0.3) is 10.8 Å². The molecule has 4 rings (SSSR count). The molecule has 4 aromatic rings. The molecule has 0 atom stereocenters. The summed E-state index contributed by atoms with van der Waals surface area (Å²) < 4.78 is 5.22. The number of hydrogen-bond acceptors (Lipinski definition) is 5. The first-order valence-electron chi connectivity index (χ1n) is 9.55. The van der Waals surface area contributed by atoms with Crippen molar-refractivity contribution in [2.45, 2.75) is 6.42 Å². The van der Waals surface area contributed by atoms with E-state index in [9.17, 15) is 9.59 Å². The molecule has 3 aromatic carbocycles. The first-order chi connectivity index (χ1) is 15.1. The number of urea groups is 1. The van der Waals surface area contributed by atoms with Crippen LogP contribution in [0.1, 0.15) is 5.69 Å². The lowest BCUT2D eigenvalue weighted by Crippen LogP contribution is -2.20. The Morgan fingerprint density at radius 3 is 2.52 bits per heavy atom. The Balaban J connectivity index is 1.36. The number of benzene rings is 3. The van der Waals surface area contributed by atoms with Crippen LogP contribution in [0.15, 0.2) is 72.1 Å². The summed E-state index contributed by atoms with van der Waals surface area (Å²) in [6, 6.07) is 20.3. The lowest BCUT2D eigenvalue weighted by molar-refractivity contribution is -0.115. The van der Waals surface area contributed by atoms with Crippen molar-refractivity contribution in [2.24, 2.45) is 0 Å². The highest BCUT2D eigenvalue weighted by Crippen LogP contribution is 2.25. The molecule has 0 spiro atoms. The largest absolute Gasteiger partial charge is 0.495 e. The second-order valence-electron chi connectivity index (χ2n) is 6.68. The van der Waals surface area contributed by atoms with Crippen molar-refractivity contribution in [2.75, 3.05) is 23.1 Å². The van der Waals surface area contributed by atoms with E-state index in [1.54, 1.807) is 23.6 Å². The monoisotopic (exact) mass is 432 g/mol. The van der Waals surface area contributed by atoms with E-state index in [0.717, 1.165) is 16.5 Å². The van der Waals surface area contributed by atoms with Crippen LogP contribution >= 0.6 is 11.3 Å². The minimum Gasteiger partial charge on any atom is -0.495 e. The Kier molecular flexibility index (Phi) is 6.09. The van der Waals surface area contributed by atoms with Gasteiger partial charge in [0, 0.05) is 16.5 Å². The summed E-state index contributed by atoms with van der Waals surface area (Å²) in [4.78, 5) is 29.1. The molecule has 156 valence electrons. The van der Waals surface area contributed by atoms with Crippen LogP contribution < -0.4 is 20.7 Å². The third-order valence-corrected chi connectivity index (χ3v) is 5.34. The van der Waals surface area contributed by atoms with Gasteiger partial charge in [0.2, 0.25) is 5.91 Å². The Bertz CT molecular complexity index is 1230. The molecule has 1 heterocycles. The minimum atomic E-state index is -0.439. The Morgan fingerprint density at radius 2 is 1.65 bits per heavy atom. The summed E-state index contributed by atoms with van der Waals surface area (Å²) in [6.07, 6.45) is 0.107. The average Bonchev–Trinajstić information content (AvgIpc) is 3.20. The van der Waals surface area contributed by atoms with E-state index in [0.29, 0.717) is 22.3 Å². The third kappa shape index (κ3) is 4.99. The number of carbonyl (C=O) groups is 2. The van der Waals surface area contributed by atoms with Gasteiger partial charge in [-0.05, 0) is 23.6 Å². The van der Waals surface area contributed by atoms with Gasteiger partial charge < -0.3 is 15.4 Å². The van der Waals surface area contributed by atoms with E-state index < -0.39 is 6.03 Å². The van der Waals surface area contributed by atoms with Crippen molar-refractivity contribution in [3.05, 3.63) is 77.8 Å². The lowest BCUT2D eigenvalue weighted by Gasteiger charge is -2.09. The highest BCUT2D eigenvalue weighted by Gasteiger charge is 2.12. The molecule has 7 nitrogen and oxygen atoms in total. The second-order valence-corrected chi connectivity index (χ2v) is 7.53. The number of aromatic nitrogens is 1. The van der Waals surface area contributed by atoms with Gasteiger partial charge >= 0.3 is 6.03 Å². The number of amides is 3. The number of ether oxygens (including phenoxy) is 1. The van der Waals surface area contributed by atoms with Crippen molar-refractivity contribution in [3.63, 3.8) is 0 Å². The van der Waals surface area contributed by atoms with Crippen LogP contribution in [0, 0.1) is 0 Å². The van der Waals surface area contributed by atoms with E-state index in [1.807, 2.05) is 48.5 Å². The van der Waals surface area contributed by atoms with Crippen molar-refractivity contribution in [1.29, 1.82) is 0 Å². The summed E-state index contributed by atoms with van der Waals surface area (Å²) in [5, 5.41) is 12.5. The number of nitrogens with zero attached hydrogens (tertiary/aromatic N) is 1. The molecule has 0 saturated heterocycles. The number of carbonyl (C=O) groups excluding carboxylic acids is 2. The van der Waals surface area contributed by atoms with E-state index in [4.69, 9.17) is 4.74 Å². The molecule has 3 N–H and O–H groups in total. The summed E-state index contributed by atoms with van der Waals surface area (Å²) in [5.41, 5.74) is 1.89. The third-order valence-electron chi connectivity index (χ3n) is 4.53. The number of thiazole rings is 1. The molecule has 0 saturated carbocycles. The summed E-state index contributed by atoms with van der Waals surface area (Å²) in [5.74, 6) is 0.384. The number of fused-ring (bicyclic) bond motifs is 1.